The summed E-state index contributed by atoms with van der Waals surface area (Å²) in [6.07, 6.45) is 0.0593. The van der Waals surface area contributed by atoms with E-state index >= 15 is 0 Å². The van der Waals surface area contributed by atoms with Gasteiger partial charge in [-0.15, -0.1) is 0 Å². The molecule has 2 aliphatic heterocycles. The Morgan fingerprint density at radius 2 is 2.15 bits per heavy atom. The first-order valence-corrected chi connectivity index (χ1v) is 10.9. The lowest BCUT2D eigenvalue weighted by molar-refractivity contribution is 0.143. The molecule has 0 aromatic heterocycles. The third kappa shape index (κ3) is 5.25. The van der Waals surface area contributed by atoms with Crippen molar-refractivity contribution in [3.05, 3.63) is 24.0 Å². The van der Waals surface area contributed by atoms with Crippen LogP contribution in [0.15, 0.2) is 18.2 Å². The van der Waals surface area contributed by atoms with Crippen molar-refractivity contribution in [3.63, 3.8) is 0 Å². The first-order chi connectivity index (χ1) is 12.9. The van der Waals surface area contributed by atoms with Gasteiger partial charge in [0.2, 0.25) is 0 Å². The standard InChI is InChI=1S/C19H26FN3O2S2/c1-13(2)9-18(26)21-11-15-12-23(19(24)25-15)14-3-4-17(16(20)10-14)22-5-7-27-8-6-22/h3-4,10,13,15H,5-9,11-12H2,1-2H3,(H,21,26). The molecule has 1 atom stereocenters. The second-order valence-electron chi connectivity index (χ2n) is 7.25. The van der Waals surface area contributed by atoms with Gasteiger partial charge in [-0.25, -0.2) is 9.18 Å². The summed E-state index contributed by atoms with van der Waals surface area (Å²) in [6.45, 7) is 6.75. The minimum Gasteiger partial charge on any atom is -0.442 e. The van der Waals surface area contributed by atoms with Crippen LogP contribution in [0.3, 0.4) is 0 Å². The fourth-order valence-electron chi connectivity index (χ4n) is 3.23. The van der Waals surface area contributed by atoms with Crippen molar-refractivity contribution in [3.8, 4) is 0 Å². The predicted molar refractivity (Wildman–Crippen MR) is 114 cm³/mol. The lowest BCUT2D eigenvalue weighted by atomic mass is 10.1. The fourth-order valence-corrected chi connectivity index (χ4v) is 4.55. The number of cyclic esters (lactones) is 1. The van der Waals surface area contributed by atoms with Crippen molar-refractivity contribution < 1.29 is 13.9 Å². The van der Waals surface area contributed by atoms with Gasteiger partial charge < -0.3 is 15.0 Å². The SMILES string of the molecule is CC(C)CC(=S)NCC1CN(c2ccc(N3CCSCC3)c(F)c2)C(=O)O1. The molecule has 1 unspecified atom stereocenters. The second kappa shape index (κ2) is 9.10. The largest absolute Gasteiger partial charge is 0.442 e. The highest BCUT2D eigenvalue weighted by atomic mass is 32.2. The van der Waals surface area contributed by atoms with Crippen LogP contribution in [-0.2, 0) is 4.74 Å². The van der Waals surface area contributed by atoms with Gasteiger partial charge in [0.1, 0.15) is 11.9 Å². The van der Waals surface area contributed by atoms with Gasteiger partial charge in [-0.3, -0.25) is 4.90 Å². The number of ether oxygens (including phenoxy) is 1. The molecular formula is C19H26FN3O2S2. The summed E-state index contributed by atoms with van der Waals surface area (Å²) < 4.78 is 20.0. The van der Waals surface area contributed by atoms with E-state index in [1.54, 1.807) is 12.1 Å². The van der Waals surface area contributed by atoms with Gasteiger partial charge >= 0.3 is 6.09 Å². The van der Waals surface area contributed by atoms with Crippen molar-refractivity contribution in [2.45, 2.75) is 26.4 Å². The normalized spacial score (nSPS) is 20.1. The number of rotatable bonds is 6. The number of thiocarbonyl (C=S) groups is 1. The Bertz CT molecular complexity index is 696. The van der Waals surface area contributed by atoms with Gasteiger partial charge in [0.05, 0.1) is 29.5 Å². The third-order valence-corrected chi connectivity index (χ3v) is 5.84. The van der Waals surface area contributed by atoms with Crippen LogP contribution in [0.4, 0.5) is 20.6 Å². The summed E-state index contributed by atoms with van der Waals surface area (Å²) in [5.74, 6) is 2.19. The van der Waals surface area contributed by atoms with Crippen LogP contribution < -0.4 is 15.1 Å². The Morgan fingerprint density at radius 3 is 2.81 bits per heavy atom. The molecule has 2 fully saturated rings. The zero-order chi connectivity index (χ0) is 19.4. The number of thioether (sulfide) groups is 1. The van der Waals surface area contributed by atoms with E-state index in [2.05, 4.69) is 24.1 Å². The van der Waals surface area contributed by atoms with Crippen LogP contribution in [0.25, 0.3) is 0 Å². The third-order valence-electron chi connectivity index (χ3n) is 4.59. The van der Waals surface area contributed by atoms with Gasteiger partial charge in [0.15, 0.2) is 0 Å². The number of halogens is 1. The van der Waals surface area contributed by atoms with Crippen LogP contribution in [0.5, 0.6) is 0 Å². The molecule has 0 bridgehead atoms. The molecule has 0 saturated carbocycles. The number of hydrogen-bond acceptors (Lipinski definition) is 5. The molecule has 148 valence electrons. The van der Waals surface area contributed by atoms with Crippen molar-refractivity contribution in [1.82, 2.24) is 5.32 Å². The molecule has 5 nitrogen and oxygen atoms in total. The molecule has 0 spiro atoms. The molecule has 2 saturated heterocycles. The minimum atomic E-state index is -0.446. The van der Waals surface area contributed by atoms with Crippen molar-refractivity contribution in [2.75, 3.05) is 47.5 Å². The van der Waals surface area contributed by atoms with Crippen LogP contribution in [0.1, 0.15) is 20.3 Å². The number of anilines is 2. The topological polar surface area (TPSA) is 44.8 Å². The first kappa shape index (κ1) is 20.2. The van der Waals surface area contributed by atoms with Crippen LogP contribution in [0, 0.1) is 11.7 Å². The molecule has 1 N–H and O–H groups in total. The average molecular weight is 412 g/mol. The molecule has 27 heavy (non-hydrogen) atoms. The van der Waals surface area contributed by atoms with Gasteiger partial charge in [0, 0.05) is 31.0 Å². The number of nitrogens with one attached hydrogen (secondary N) is 1. The van der Waals surface area contributed by atoms with Gasteiger partial charge in [0.25, 0.3) is 0 Å². The molecule has 1 amide bonds. The van der Waals surface area contributed by atoms with E-state index in [9.17, 15) is 9.18 Å². The molecule has 3 rings (SSSR count). The zero-order valence-electron chi connectivity index (χ0n) is 15.7. The first-order valence-electron chi connectivity index (χ1n) is 9.31. The Labute approximate surface area is 169 Å². The van der Waals surface area contributed by atoms with E-state index < -0.39 is 6.09 Å². The molecule has 2 aliphatic rings. The van der Waals surface area contributed by atoms with Gasteiger partial charge in [-0.2, -0.15) is 11.8 Å². The van der Waals surface area contributed by atoms with E-state index in [0.29, 0.717) is 30.4 Å². The Balaban J connectivity index is 1.60. The average Bonchev–Trinajstić information content (AvgIpc) is 3.01. The maximum absolute atomic E-state index is 14.6. The Hall–Kier alpha value is -1.54. The Morgan fingerprint density at radius 1 is 1.41 bits per heavy atom. The maximum atomic E-state index is 14.6. The second-order valence-corrected chi connectivity index (χ2v) is 8.97. The van der Waals surface area contributed by atoms with Crippen molar-refractivity contribution in [1.29, 1.82) is 0 Å². The highest BCUT2D eigenvalue weighted by Gasteiger charge is 2.33. The van der Waals surface area contributed by atoms with Gasteiger partial charge in [-0.1, -0.05) is 26.1 Å². The molecule has 2 heterocycles. The fraction of sp³-hybridized carbons (Fsp3) is 0.579. The summed E-state index contributed by atoms with van der Waals surface area (Å²) in [5, 5.41) is 3.16. The highest BCUT2D eigenvalue weighted by molar-refractivity contribution is 7.99. The van der Waals surface area contributed by atoms with E-state index in [0.717, 1.165) is 36.0 Å². The summed E-state index contributed by atoms with van der Waals surface area (Å²) in [4.78, 5) is 16.5. The summed E-state index contributed by atoms with van der Waals surface area (Å²) >= 11 is 7.17. The van der Waals surface area contributed by atoms with E-state index in [1.165, 1.54) is 11.0 Å². The number of benzene rings is 1. The van der Waals surface area contributed by atoms with Crippen molar-refractivity contribution in [2.24, 2.45) is 5.92 Å². The minimum absolute atomic E-state index is 0.299. The highest BCUT2D eigenvalue weighted by Crippen LogP contribution is 2.29. The molecular weight excluding hydrogens is 385 g/mol. The predicted octanol–water partition coefficient (Wildman–Crippen LogP) is 3.67. The molecule has 0 radical (unpaired) electrons. The van der Waals surface area contributed by atoms with Crippen LogP contribution in [-0.4, -0.2) is 54.9 Å². The number of nitrogens with zero attached hydrogens (tertiary/aromatic N) is 2. The maximum Gasteiger partial charge on any atom is 0.414 e. The van der Waals surface area contributed by atoms with Crippen molar-refractivity contribution >= 4 is 46.4 Å². The number of carbonyl (C=O) groups is 1. The summed E-state index contributed by atoms with van der Waals surface area (Å²) in [5.41, 5.74) is 1.13. The van der Waals surface area contributed by atoms with E-state index in [1.807, 2.05) is 11.8 Å². The summed E-state index contributed by atoms with van der Waals surface area (Å²) in [7, 11) is 0. The Kier molecular flexibility index (Phi) is 6.81. The number of carbonyl (C=O) groups excluding carboxylic acids is 1. The molecule has 0 aliphatic carbocycles. The quantitative estimate of drug-likeness (QED) is 0.721. The number of hydrogen-bond donors (Lipinski definition) is 1. The monoisotopic (exact) mass is 411 g/mol. The van der Waals surface area contributed by atoms with E-state index in [4.69, 9.17) is 17.0 Å². The smallest absolute Gasteiger partial charge is 0.414 e. The lowest BCUT2D eigenvalue weighted by Crippen LogP contribution is -2.34. The van der Waals surface area contributed by atoms with Crippen LogP contribution in [0.2, 0.25) is 0 Å². The number of amides is 1. The van der Waals surface area contributed by atoms with E-state index in [-0.39, 0.29) is 11.9 Å². The lowest BCUT2D eigenvalue weighted by Gasteiger charge is -2.29. The molecule has 8 heteroatoms. The zero-order valence-corrected chi connectivity index (χ0v) is 17.4. The summed E-state index contributed by atoms with van der Waals surface area (Å²) in [6, 6.07) is 4.98. The van der Waals surface area contributed by atoms with Crippen LogP contribution >= 0.6 is 24.0 Å². The molecule has 1 aromatic rings. The van der Waals surface area contributed by atoms with Gasteiger partial charge in [-0.05, 0) is 24.1 Å². The molecule has 1 aromatic carbocycles.